The van der Waals surface area contributed by atoms with Crippen molar-refractivity contribution < 1.29 is 24.8 Å². The molecule has 2 rings (SSSR count). The molecular weight excluding hydrogens is 152 g/mol. The van der Waals surface area contributed by atoms with Crippen molar-refractivity contribution in [3.8, 4) is 0 Å². The lowest BCUT2D eigenvalue weighted by molar-refractivity contribution is -0.231. The average Bonchev–Trinajstić information content (AvgIpc) is 2.42. The molecule has 2 saturated heterocycles. The Balaban J connectivity index is 2.24. The molecule has 0 radical (unpaired) electrons. The summed E-state index contributed by atoms with van der Waals surface area (Å²) in [7, 11) is 0. The molecule has 0 aromatic rings. The van der Waals surface area contributed by atoms with Crippen molar-refractivity contribution in [1.82, 2.24) is 0 Å². The Kier molecular flexibility index (Phi) is 1.45. The summed E-state index contributed by atoms with van der Waals surface area (Å²) in [5, 5.41) is 27.3. The van der Waals surface area contributed by atoms with Gasteiger partial charge in [-0.1, -0.05) is 0 Å². The lowest BCUT2D eigenvalue weighted by Crippen LogP contribution is -2.44. The van der Waals surface area contributed by atoms with Gasteiger partial charge in [0.1, 0.15) is 17.8 Å². The minimum atomic E-state index is -1.11. The first-order valence-electron chi connectivity index (χ1n) is 3.46. The number of aliphatic hydroxyl groups is 3. The Labute approximate surface area is 63.2 Å². The molecule has 0 aliphatic carbocycles. The van der Waals surface area contributed by atoms with Crippen LogP contribution in [0.25, 0.3) is 0 Å². The van der Waals surface area contributed by atoms with Crippen LogP contribution in [0, 0.1) is 0 Å². The van der Waals surface area contributed by atoms with E-state index in [9.17, 15) is 5.11 Å². The number of fused-ring (bicyclic) bond motifs is 2. The van der Waals surface area contributed by atoms with E-state index in [2.05, 4.69) is 0 Å². The van der Waals surface area contributed by atoms with Crippen LogP contribution in [0.1, 0.15) is 0 Å². The fourth-order valence-corrected chi connectivity index (χ4v) is 1.54. The van der Waals surface area contributed by atoms with Gasteiger partial charge in [-0.05, 0) is 0 Å². The summed E-state index contributed by atoms with van der Waals surface area (Å²) in [5.74, 6) is 0. The fourth-order valence-electron chi connectivity index (χ4n) is 1.54. The normalized spacial score (nSPS) is 55.4. The average molecular weight is 162 g/mol. The molecule has 2 aliphatic heterocycles. The fraction of sp³-hybridized carbons (Fsp3) is 1.00. The smallest absolute Gasteiger partial charge is 0.184 e. The molecule has 0 aromatic carbocycles. The number of hydrogen-bond donors (Lipinski definition) is 3. The lowest BCUT2D eigenvalue weighted by Gasteiger charge is -2.26. The van der Waals surface area contributed by atoms with Gasteiger partial charge in [0, 0.05) is 0 Å². The standard InChI is InChI=1S/C6H10O5/c7-1-6-2-10-3(4(6)8)5(9)11-6/h3-5,7-9H,1-2H2/t3-,4+,5?,6+/m1/s1. The number of ether oxygens (including phenoxy) is 2. The first kappa shape index (κ1) is 7.45. The van der Waals surface area contributed by atoms with Gasteiger partial charge in [-0.15, -0.1) is 0 Å². The minimum Gasteiger partial charge on any atom is -0.393 e. The van der Waals surface area contributed by atoms with E-state index in [0.717, 1.165) is 0 Å². The number of rotatable bonds is 1. The SMILES string of the molecule is OC[C@@]12CO[C@@H](C(O)O1)[C@@H]2O. The van der Waals surface area contributed by atoms with Crippen LogP contribution in [0.3, 0.4) is 0 Å². The predicted octanol–water partition coefficient (Wildman–Crippen LogP) is -2.17. The third-order valence-electron chi connectivity index (χ3n) is 2.27. The minimum absolute atomic E-state index is 0.145. The van der Waals surface area contributed by atoms with Gasteiger partial charge in [0.15, 0.2) is 6.29 Å². The Bertz CT molecular complexity index is 172. The van der Waals surface area contributed by atoms with Crippen LogP contribution in [0.2, 0.25) is 0 Å². The van der Waals surface area contributed by atoms with E-state index in [0.29, 0.717) is 0 Å². The van der Waals surface area contributed by atoms with Crippen molar-refractivity contribution in [2.75, 3.05) is 13.2 Å². The van der Waals surface area contributed by atoms with Crippen LogP contribution in [0.15, 0.2) is 0 Å². The molecule has 0 amide bonds. The maximum Gasteiger partial charge on any atom is 0.184 e. The Hall–Kier alpha value is -0.200. The van der Waals surface area contributed by atoms with Crippen LogP contribution in [0.5, 0.6) is 0 Å². The zero-order valence-electron chi connectivity index (χ0n) is 5.80. The van der Waals surface area contributed by atoms with E-state index in [4.69, 9.17) is 19.7 Å². The zero-order valence-corrected chi connectivity index (χ0v) is 5.80. The third-order valence-corrected chi connectivity index (χ3v) is 2.27. The molecule has 2 bridgehead atoms. The maximum absolute atomic E-state index is 9.38. The molecule has 64 valence electrons. The summed E-state index contributed by atoms with van der Waals surface area (Å²) in [6.07, 6.45) is -2.71. The molecule has 0 aromatic heterocycles. The van der Waals surface area contributed by atoms with E-state index in [1.807, 2.05) is 0 Å². The topological polar surface area (TPSA) is 79.2 Å². The summed E-state index contributed by atoms with van der Waals surface area (Å²) >= 11 is 0. The van der Waals surface area contributed by atoms with Crippen molar-refractivity contribution >= 4 is 0 Å². The Morgan fingerprint density at radius 1 is 1.45 bits per heavy atom. The second-order valence-corrected chi connectivity index (χ2v) is 2.95. The maximum atomic E-state index is 9.38. The molecule has 4 atom stereocenters. The highest BCUT2D eigenvalue weighted by atomic mass is 16.7. The number of hydrogen-bond acceptors (Lipinski definition) is 5. The van der Waals surface area contributed by atoms with Gasteiger partial charge in [-0.3, -0.25) is 0 Å². The molecule has 0 spiro atoms. The summed E-state index contributed by atoms with van der Waals surface area (Å²) in [6.45, 7) is -0.186. The molecule has 11 heavy (non-hydrogen) atoms. The van der Waals surface area contributed by atoms with Crippen LogP contribution < -0.4 is 0 Å². The quantitative estimate of drug-likeness (QED) is 0.409. The molecular formula is C6H10O5. The second-order valence-electron chi connectivity index (χ2n) is 2.95. The Morgan fingerprint density at radius 3 is 2.45 bits per heavy atom. The van der Waals surface area contributed by atoms with Gasteiger partial charge in [0.05, 0.1) is 13.2 Å². The van der Waals surface area contributed by atoms with Crippen molar-refractivity contribution in [1.29, 1.82) is 0 Å². The van der Waals surface area contributed by atoms with Crippen LogP contribution in [0.4, 0.5) is 0 Å². The molecule has 3 N–H and O–H groups in total. The summed E-state index contributed by atoms with van der Waals surface area (Å²) in [5.41, 5.74) is -1.08. The largest absolute Gasteiger partial charge is 0.393 e. The van der Waals surface area contributed by atoms with Gasteiger partial charge >= 0.3 is 0 Å². The Morgan fingerprint density at radius 2 is 2.18 bits per heavy atom. The summed E-state index contributed by atoms with van der Waals surface area (Å²) in [6, 6.07) is 0. The third kappa shape index (κ3) is 0.771. The van der Waals surface area contributed by atoms with Crippen LogP contribution in [-0.2, 0) is 9.47 Å². The van der Waals surface area contributed by atoms with Crippen molar-refractivity contribution in [3.63, 3.8) is 0 Å². The molecule has 2 heterocycles. The molecule has 2 aliphatic rings. The highest BCUT2D eigenvalue weighted by Gasteiger charge is 2.60. The predicted molar refractivity (Wildman–Crippen MR) is 32.7 cm³/mol. The van der Waals surface area contributed by atoms with Crippen LogP contribution >= 0.6 is 0 Å². The zero-order chi connectivity index (χ0) is 8.06. The molecule has 0 saturated carbocycles. The van der Waals surface area contributed by atoms with E-state index in [-0.39, 0.29) is 13.2 Å². The van der Waals surface area contributed by atoms with Gasteiger partial charge in [0.25, 0.3) is 0 Å². The van der Waals surface area contributed by atoms with Crippen molar-refractivity contribution in [3.05, 3.63) is 0 Å². The van der Waals surface area contributed by atoms with Crippen LogP contribution in [-0.4, -0.2) is 52.6 Å². The molecule has 5 heteroatoms. The van der Waals surface area contributed by atoms with E-state index in [1.165, 1.54) is 0 Å². The van der Waals surface area contributed by atoms with Gasteiger partial charge < -0.3 is 24.8 Å². The lowest BCUT2D eigenvalue weighted by atomic mass is 10.0. The summed E-state index contributed by atoms with van der Waals surface area (Å²) < 4.78 is 9.93. The van der Waals surface area contributed by atoms with E-state index >= 15 is 0 Å². The van der Waals surface area contributed by atoms with E-state index < -0.39 is 24.1 Å². The van der Waals surface area contributed by atoms with Gasteiger partial charge in [-0.2, -0.15) is 0 Å². The molecule has 1 unspecified atom stereocenters. The first-order valence-corrected chi connectivity index (χ1v) is 3.46. The molecule has 5 nitrogen and oxygen atoms in total. The summed E-state index contributed by atoms with van der Waals surface area (Å²) in [4.78, 5) is 0. The highest BCUT2D eigenvalue weighted by molar-refractivity contribution is 5.05. The van der Waals surface area contributed by atoms with Crippen molar-refractivity contribution in [2.24, 2.45) is 0 Å². The van der Waals surface area contributed by atoms with Crippen molar-refractivity contribution in [2.45, 2.75) is 24.1 Å². The highest BCUT2D eigenvalue weighted by Crippen LogP contribution is 2.38. The monoisotopic (exact) mass is 162 g/mol. The molecule has 2 fully saturated rings. The second kappa shape index (κ2) is 2.15. The number of aliphatic hydroxyl groups excluding tert-OH is 3. The van der Waals surface area contributed by atoms with Gasteiger partial charge in [0.2, 0.25) is 0 Å². The first-order chi connectivity index (χ1) is 5.19. The van der Waals surface area contributed by atoms with Gasteiger partial charge in [-0.25, -0.2) is 0 Å². The van der Waals surface area contributed by atoms with E-state index in [1.54, 1.807) is 0 Å².